The van der Waals surface area contributed by atoms with Gasteiger partial charge in [0.15, 0.2) is 5.78 Å². The van der Waals surface area contributed by atoms with Gasteiger partial charge in [0.05, 0.1) is 18.2 Å². The zero-order valence-electron chi connectivity index (χ0n) is 11.0. The van der Waals surface area contributed by atoms with Crippen LogP contribution in [0.2, 0.25) is 0 Å². The van der Waals surface area contributed by atoms with E-state index in [1.165, 1.54) is 0 Å². The van der Waals surface area contributed by atoms with Crippen molar-refractivity contribution in [2.45, 2.75) is 0 Å². The number of nitrogens with zero attached hydrogens (tertiary/aromatic N) is 2. The van der Waals surface area contributed by atoms with Crippen molar-refractivity contribution in [2.24, 2.45) is 0 Å². The van der Waals surface area contributed by atoms with Crippen molar-refractivity contribution in [2.75, 3.05) is 18.5 Å². The molecule has 0 spiro atoms. The number of ketones is 1. The smallest absolute Gasteiger partial charge is 0.182 e. The Morgan fingerprint density at radius 2 is 1.95 bits per heavy atom. The highest BCUT2D eigenvalue weighted by Crippen LogP contribution is 2.15. The largest absolute Gasteiger partial charge is 0.367 e. The Bertz CT molecular complexity index is 659. The molecule has 0 radical (unpaired) electrons. The summed E-state index contributed by atoms with van der Waals surface area (Å²) in [6.45, 7) is 0.287. The van der Waals surface area contributed by atoms with E-state index in [0.717, 1.165) is 9.26 Å². The molecular weight excluding hydrogens is 363 g/mol. The first-order valence-corrected chi connectivity index (χ1v) is 7.18. The maximum Gasteiger partial charge on any atom is 0.182 e. The summed E-state index contributed by atoms with van der Waals surface area (Å²) in [5, 5.41) is 8.89. The van der Waals surface area contributed by atoms with Crippen molar-refractivity contribution in [3.8, 4) is 6.07 Å². The van der Waals surface area contributed by atoms with Gasteiger partial charge in [-0.1, -0.05) is 18.2 Å². The van der Waals surface area contributed by atoms with Gasteiger partial charge in [0.1, 0.15) is 0 Å². The van der Waals surface area contributed by atoms with Crippen molar-refractivity contribution < 1.29 is 4.79 Å². The first-order valence-electron chi connectivity index (χ1n) is 6.10. The van der Waals surface area contributed by atoms with Gasteiger partial charge in [-0.15, -0.1) is 0 Å². The molecule has 0 aromatic heterocycles. The third kappa shape index (κ3) is 3.58. The molecule has 100 valence electrons. The van der Waals surface area contributed by atoms with Gasteiger partial charge in [0.25, 0.3) is 0 Å². The molecule has 2 aromatic carbocycles. The maximum atomic E-state index is 12.2. The fraction of sp³-hybridized carbons (Fsp3) is 0.125. The number of benzene rings is 2. The summed E-state index contributed by atoms with van der Waals surface area (Å²) in [6.07, 6.45) is 0. The highest BCUT2D eigenvalue weighted by molar-refractivity contribution is 14.1. The lowest BCUT2D eigenvalue weighted by atomic mass is 10.1. The second-order valence-electron chi connectivity index (χ2n) is 4.45. The molecule has 0 atom stereocenters. The third-order valence-corrected chi connectivity index (χ3v) is 3.68. The van der Waals surface area contributed by atoms with Crippen LogP contribution < -0.4 is 4.90 Å². The number of carbonyl (C=O) groups excluding carboxylic acids is 1. The number of rotatable bonds is 4. The first-order chi connectivity index (χ1) is 9.60. The average molecular weight is 376 g/mol. The van der Waals surface area contributed by atoms with E-state index in [0.29, 0.717) is 11.1 Å². The van der Waals surface area contributed by atoms with Crippen LogP contribution in [0.25, 0.3) is 0 Å². The number of carbonyl (C=O) groups is 1. The van der Waals surface area contributed by atoms with Crippen molar-refractivity contribution in [1.29, 1.82) is 5.26 Å². The Morgan fingerprint density at radius 3 is 2.60 bits per heavy atom. The lowest BCUT2D eigenvalue weighted by Gasteiger charge is -2.18. The molecule has 0 unspecified atom stereocenters. The van der Waals surface area contributed by atoms with Crippen LogP contribution in [0.4, 0.5) is 5.69 Å². The zero-order chi connectivity index (χ0) is 14.5. The van der Waals surface area contributed by atoms with Gasteiger partial charge in [-0.3, -0.25) is 4.79 Å². The summed E-state index contributed by atoms with van der Waals surface area (Å²) in [7, 11) is 1.85. The second kappa shape index (κ2) is 6.53. The van der Waals surface area contributed by atoms with Gasteiger partial charge >= 0.3 is 0 Å². The van der Waals surface area contributed by atoms with Crippen LogP contribution in [-0.2, 0) is 0 Å². The highest BCUT2D eigenvalue weighted by atomic mass is 127. The minimum Gasteiger partial charge on any atom is -0.367 e. The molecule has 2 rings (SSSR count). The van der Waals surface area contributed by atoms with Crippen molar-refractivity contribution in [3.05, 3.63) is 63.2 Å². The molecule has 3 nitrogen and oxygen atoms in total. The lowest BCUT2D eigenvalue weighted by Crippen LogP contribution is -2.25. The molecule has 0 amide bonds. The van der Waals surface area contributed by atoms with Crippen LogP contribution in [0.5, 0.6) is 0 Å². The molecule has 0 N–H and O–H groups in total. The van der Waals surface area contributed by atoms with Gasteiger partial charge in [-0.05, 0) is 52.9 Å². The Hall–Kier alpha value is -1.87. The summed E-state index contributed by atoms with van der Waals surface area (Å²) >= 11 is 2.21. The van der Waals surface area contributed by atoms with E-state index in [-0.39, 0.29) is 12.3 Å². The quantitative estimate of drug-likeness (QED) is 0.606. The van der Waals surface area contributed by atoms with Crippen LogP contribution >= 0.6 is 22.6 Å². The summed E-state index contributed by atoms with van der Waals surface area (Å²) in [5.41, 5.74) is 2.16. The number of halogens is 1. The highest BCUT2D eigenvalue weighted by Gasteiger charge is 2.10. The van der Waals surface area contributed by atoms with Gasteiger partial charge in [-0.25, -0.2) is 0 Å². The minimum atomic E-state index is 0.0614. The molecule has 0 bridgehead atoms. The number of nitriles is 1. The van der Waals surface area contributed by atoms with Crippen LogP contribution in [0, 0.1) is 14.9 Å². The van der Waals surface area contributed by atoms with Gasteiger partial charge < -0.3 is 4.90 Å². The Morgan fingerprint density at radius 1 is 1.25 bits per heavy atom. The van der Waals surface area contributed by atoms with E-state index in [4.69, 9.17) is 5.26 Å². The molecule has 0 aliphatic heterocycles. The van der Waals surface area contributed by atoms with E-state index >= 15 is 0 Å². The Balaban J connectivity index is 2.11. The van der Waals surface area contributed by atoms with Crippen LogP contribution in [0.3, 0.4) is 0 Å². The first kappa shape index (κ1) is 14.5. The molecule has 2 aromatic rings. The van der Waals surface area contributed by atoms with Crippen molar-refractivity contribution in [3.63, 3.8) is 0 Å². The Kier molecular flexibility index (Phi) is 4.74. The standard InChI is InChI=1S/C16H13IN2O/c1-19(15-4-2-3-12(9-15)10-18)11-16(20)13-5-7-14(17)8-6-13/h2-9H,11H2,1H3. The van der Waals surface area contributed by atoms with Crippen molar-refractivity contribution in [1.82, 2.24) is 0 Å². The third-order valence-electron chi connectivity index (χ3n) is 2.96. The lowest BCUT2D eigenvalue weighted by molar-refractivity contribution is 0.100. The molecule has 4 heteroatoms. The molecule has 0 heterocycles. The monoisotopic (exact) mass is 376 g/mol. The van der Waals surface area contributed by atoms with Crippen LogP contribution in [0.15, 0.2) is 48.5 Å². The fourth-order valence-corrected chi connectivity index (χ4v) is 2.21. The maximum absolute atomic E-state index is 12.2. The molecule has 0 aliphatic carbocycles. The predicted molar refractivity (Wildman–Crippen MR) is 87.9 cm³/mol. The van der Waals surface area contributed by atoms with E-state index in [1.54, 1.807) is 12.1 Å². The number of likely N-dealkylation sites (N-methyl/N-ethyl adjacent to an activating group) is 1. The van der Waals surface area contributed by atoms with Crippen LogP contribution in [0.1, 0.15) is 15.9 Å². The predicted octanol–water partition coefficient (Wildman–Crippen LogP) is 3.48. The second-order valence-corrected chi connectivity index (χ2v) is 5.69. The summed E-state index contributed by atoms with van der Waals surface area (Å²) in [6, 6.07) is 16.9. The van der Waals surface area contributed by atoms with E-state index in [9.17, 15) is 4.79 Å². The molecule has 0 aliphatic rings. The van der Waals surface area contributed by atoms with Crippen LogP contribution in [-0.4, -0.2) is 19.4 Å². The average Bonchev–Trinajstić information content (AvgIpc) is 2.47. The molecular formula is C16H13IN2O. The topological polar surface area (TPSA) is 44.1 Å². The number of hydrogen-bond acceptors (Lipinski definition) is 3. The number of Topliss-reactive ketones (excluding diaryl/α,β-unsaturated/α-hetero) is 1. The molecule has 0 fully saturated rings. The van der Waals surface area contributed by atoms with E-state index < -0.39 is 0 Å². The van der Waals surface area contributed by atoms with E-state index in [1.807, 2.05) is 48.3 Å². The van der Waals surface area contributed by atoms with Crippen molar-refractivity contribution >= 4 is 34.1 Å². The van der Waals surface area contributed by atoms with Gasteiger partial charge in [0.2, 0.25) is 0 Å². The summed E-state index contributed by atoms with van der Waals surface area (Å²) in [4.78, 5) is 14.0. The number of anilines is 1. The SMILES string of the molecule is CN(CC(=O)c1ccc(I)cc1)c1cccc(C#N)c1. The molecule has 0 saturated heterocycles. The van der Waals surface area contributed by atoms with E-state index in [2.05, 4.69) is 28.7 Å². The summed E-state index contributed by atoms with van der Waals surface area (Å²) < 4.78 is 1.11. The zero-order valence-corrected chi connectivity index (χ0v) is 13.2. The normalized spacial score (nSPS) is 9.85. The van der Waals surface area contributed by atoms with Gasteiger partial charge in [0, 0.05) is 21.9 Å². The minimum absolute atomic E-state index is 0.0614. The Labute approximate surface area is 132 Å². The number of hydrogen-bond donors (Lipinski definition) is 0. The summed E-state index contributed by atoms with van der Waals surface area (Å²) in [5.74, 6) is 0.0614. The fourth-order valence-electron chi connectivity index (χ4n) is 1.85. The van der Waals surface area contributed by atoms with Gasteiger partial charge in [-0.2, -0.15) is 5.26 Å². The molecule has 0 saturated carbocycles. The molecule has 20 heavy (non-hydrogen) atoms.